The van der Waals surface area contributed by atoms with Crippen molar-refractivity contribution in [3.05, 3.63) is 40.7 Å². The van der Waals surface area contributed by atoms with Crippen LogP contribution in [0.2, 0.25) is 0 Å². The third-order valence-electron chi connectivity index (χ3n) is 8.48. The van der Waals surface area contributed by atoms with E-state index >= 15 is 0 Å². The van der Waals surface area contributed by atoms with Gasteiger partial charge in [-0.2, -0.15) is 0 Å². The summed E-state index contributed by atoms with van der Waals surface area (Å²) >= 11 is 0. The molecule has 0 unspecified atom stereocenters. The molecule has 11 heteroatoms. The number of aliphatic hydroxyl groups excluding tert-OH is 2. The maximum Gasteiger partial charge on any atom is 0.348 e. The molecule has 2 aliphatic heterocycles. The molecule has 0 radical (unpaired) electrons. The second-order valence-electron chi connectivity index (χ2n) is 12.2. The Morgan fingerprint density at radius 1 is 1.23 bits per heavy atom. The van der Waals surface area contributed by atoms with Gasteiger partial charge < -0.3 is 39.2 Å². The van der Waals surface area contributed by atoms with Gasteiger partial charge in [-0.15, -0.1) is 0 Å². The molecule has 0 aromatic heterocycles. The summed E-state index contributed by atoms with van der Waals surface area (Å²) in [5.41, 5.74) is -0.537. The number of ether oxygens (including phenoxy) is 4. The van der Waals surface area contributed by atoms with E-state index in [4.69, 9.17) is 18.9 Å². The summed E-state index contributed by atoms with van der Waals surface area (Å²) in [5, 5.41) is 31.9. The lowest BCUT2D eigenvalue weighted by molar-refractivity contribution is -0.183. The highest BCUT2D eigenvalue weighted by Gasteiger charge is 2.71. The second-order valence-corrected chi connectivity index (χ2v) is 12.2. The van der Waals surface area contributed by atoms with Crippen molar-refractivity contribution >= 4 is 17.9 Å². The molecule has 1 aromatic carbocycles. The molecule has 40 heavy (non-hydrogen) atoms. The third kappa shape index (κ3) is 4.39. The van der Waals surface area contributed by atoms with Crippen LogP contribution in [0.4, 0.5) is 0 Å². The Morgan fingerprint density at radius 2 is 1.95 bits per heavy atom. The van der Waals surface area contributed by atoms with Crippen molar-refractivity contribution in [2.75, 3.05) is 13.6 Å². The Balaban J connectivity index is 1.45. The quantitative estimate of drug-likeness (QED) is 0.324. The molecule has 2 heterocycles. The molecule has 6 atom stereocenters. The van der Waals surface area contributed by atoms with Gasteiger partial charge in [-0.1, -0.05) is 12.1 Å². The van der Waals surface area contributed by atoms with Gasteiger partial charge >= 0.3 is 17.9 Å². The first-order chi connectivity index (χ1) is 18.7. The Morgan fingerprint density at radius 3 is 2.60 bits per heavy atom. The van der Waals surface area contributed by atoms with Crippen molar-refractivity contribution in [2.45, 2.75) is 101 Å². The minimum absolute atomic E-state index is 0.185. The molecule has 218 valence electrons. The SMILES string of the molecule is C[C@H](O)C(=O)O[C@@H](CC(=O)OC1=CC[C@@]2(O)[C@H]3Cc4ccc(CO)c5c4[C@@]2(CCN3C)[C@H]1O5)C(=O)OC(C)(C)C. The summed E-state index contributed by atoms with van der Waals surface area (Å²) in [5.74, 6) is -2.20. The van der Waals surface area contributed by atoms with Crippen LogP contribution in [0.25, 0.3) is 0 Å². The van der Waals surface area contributed by atoms with Gasteiger partial charge in [0.25, 0.3) is 0 Å². The van der Waals surface area contributed by atoms with Crippen LogP contribution in [-0.2, 0) is 47.0 Å². The lowest BCUT2D eigenvalue weighted by Gasteiger charge is -2.61. The number of rotatable bonds is 7. The lowest BCUT2D eigenvalue weighted by atomic mass is 9.50. The zero-order chi connectivity index (χ0) is 29.2. The average molecular weight is 560 g/mol. The summed E-state index contributed by atoms with van der Waals surface area (Å²) in [4.78, 5) is 40.2. The highest BCUT2D eigenvalue weighted by atomic mass is 16.6. The van der Waals surface area contributed by atoms with Crippen LogP contribution in [0.3, 0.4) is 0 Å². The number of benzene rings is 1. The molecular weight excluding hydrogens is 522 g/mol. The Labute approximate surface area is 232 Å². The fourth-order valence-corrected chi connectivity index (χ4v) is 6.74. The number of likely N-dealkylation sites (tertiary alicyclic amines) is 1. The summed E-state index contributed by atoms with van der Waals surface area (Å²) in [6.45, 7) is 6.51. The zero-order valence-corrected chi connectivity index (χ0v) is 23.4. The molecule has 1 fully saturated rings. The van der Waals surface area contributed by atoms with Crippen LogP contribution in [0.1, 0.15) is 63.6 Å². The smallest absolute Gasteiger partial charge is 0.348 e. The number of hydrogen-bond donors (Lipinski definition) is 3. The molecule has 3 N–H and O–H groups in total. The van der Waals surface area contributed by atoms with E-state index in [1.165, 1.54) is 6.92 Å². The van der Waals surface area contributed by atoms with Crippen LogP contribution in [0, 0.1) is 0 Å². The van der Waals surface area contributed by atoms with Gasteiger partial charge in [0.1, 0.15) is 23.2 Å². The predicted molar refractivity (Wildman–Crippen MR) is 139 cm³/mol. The minimum Gasteiger partial charge on any atom is -0.481 e. The summed E-state index contributed by atoms with van der Waals surface area (Å²) in [6, 6.07) is 3.60. The summed E-state index contributed by atoms with van der Waals surface area (Å²) in [7, 11) is 1.99. The minimum atomic E-state index is -1.63. The van der Waals surface area contributed by atoms with E-state index in [1.807, 2.05) is 19.2 Å². The number of nitrogens with zero attached hydrogens (tertiary/aromatic N) is 1. The molecule has 11 nitrogen and oxygen atoms in total. The molecule has 1 saturated heterocycles. The van der Waals surface area contributed by atoms with Crippen molar-refractivity contribution < 1.29 is 48.7 Å². The monoisotopic (exact) mass is 559 g/mol. The third-order valence-corrected chi connectivity index (χ3v) is 8.48. The van der Waals surface area contributed by atoms with E-state index in [9.17, 15) is 29.7 Å². The lowest BCUT2D eigenvalue weighted by Crippen LogP contribution is -2.74. The molecule has 2 aliphatic carbocycles. The second kappa shape index (κ2) is 9.83. The van der Waals surface area contributed by atoms with Crippen molar-refractivity contribution in [1.82, 2.24) is 4.90 Å². The van der Waals surface area contributed by atoms with Gasteiger partial charge in [0.05, 0.1) is 24.0 Å². The number of esters is 3. The van der Waals surface area contributed by atoms with Crippen molar-refractivity contribution in [3.63, 3.8) is 0 Å². The molecule has 5 rings (SSSR count). The van der Waals surface area contributed by atoms with Crippen LogP contribution < -0.4 is 4.74 Å². The average Bonchev–Trinajstić information content (AvgIpc) is 3.22. The molecule has 4 aliphatic rings. The normalized spacial score (nSPS) is 29.9. The Bertz CT molecular complexity index is 1270. The van der Waals surface area contributed by atoms with E-state index in [1.54, 1.807) is 26.8 Å². The highest BCUT2D eigenvalue weighted by molar-refractivity contribution is 5.86. The van der Waals surface area contributed by atoms with Gasteiger partial charge in [-0.25, -0.2) is 9.59 Å². The molecule has 0 saturated carbocycles. The molecule has 1 spiro atoms. The number of hydrogen-bond acceptors (Lipinski definition) is 11. The van der Waals surface area contributed by atoms with Crippen LogP contribution in [0.5, 0.6) is 5.75 Å². The van der Waals surface area contributed by atoms with E-state index in [0.717, 1.165) is 11.1 Å². The van der Waals surface area contributed by atoms with Gasteiger partial charge in [0.15, 0.2) is 6.10 Å². The first-order valence-electron chi connectivity index (χ1n) is 13.6. The molecule has 1 aromatic rings. The van der Waals surface area contributed by atoms with Crippen LogP contribution >= 0.6 is 0 Å². The number of piperidine rings is 1. The number of likely N-dealkylation sites (N-methyl/N-ethyl adjacent to an activating group) is 1. The maximum atomic E-state index is 13.2. The number of aliphatic hydroxyl groups is 3. The van der Waals surface area contributed by atoms with Gasteiger partial charge in [-0.05, 0) is 65.8 Å². The highest BCUT2D eigenvalue weighted by Crippen LogP contribution is 2.64. The van der Waals surface area contributed by atoms with Gasteiger partial charge in [-0.3, -0.25) is 4.79 Å². The number of carbonyl (C=O) groups is 3. The van der Waals surface area contributed by atoms with E-state index < -0.39 is 59.3 Å². The Hall–Kier alpha value is -2.99. The fraction of sp³-hybridized carbons (Fsp3) is 0.621. The number of carbonyl (C=O) groups excluding carboxylic acids is 3. The van der Waals surface area contributed by atoms with Gasteiger partial charge in [0, 0.05) is 23.6 Å². The van der Waals surface area contributed by atoms with Crippen molar-refractivity contribution in [3.8, 4) is 5.75 Å². The van der Waals surface area contributed by atoms with Crippen LogP contribution in [0.15, 0.2) is 24.0 Å². The molecular formula is C29H37NO10. The molecule has 0 amide bonds. The zero-order valence-electron chi connectivity index (χ0n) is 23.4. The standard InChI is InChI=1S/C29H37NO10/c1-15(32)25(34)38-19(26(35)40-27(2,3)4)13-21(33)37-18-8-9-29(36)20-12-16-6-7-17(14-31)23-22(16)28(29,24(18)39-23)10-11-30(20)5/h6-8,15,19-20,24,31-32,36H,9-14H2,1-5H3/t15-,19-,20+,24-,28-,29+/m0/s1. The fourth-order valence-electron chi connectivity index (χ4n) is 6.74. The van der Waals surface area contributed by atoms with Crippen molar-refractivity contribution in [2.24, 2.45) is 0 Å². The van der Waals surface area contributed by atoms with E-state index in [2.05, 4.69) is 4.90 Å². The molecule has 2 bridgehead atoms. The largest absolute Gasteiger partial charge is 0.481 e. The Kier molecular flexibility index (Phi) is 7.01. The topological polar surface area (TPSA) is 152 Å². The van der Waals surface area contributed by atoms with E-state index in [0.29, 0.717) is 30.7 Å². The summed E-state index contributed by atoms with van der Waals surface area (Å²) < 4.78 is 22.6. The van der Waals surface area contributed by atoms with Crippen LogP contribution in [-0.4, -0.2) is 87.3 Å². The van der Waals surface area contributed by atoms with Crippen molar-refractivity contribution in [1.29, 1.82) is 0 Å². The predicted octanol–water partition coefficient (Wildman–Crippen LogP) is 1.02. The first-order valence-corrected chi connectivity index (χ1v) is 13.6. The maximum absolute atomic E-state index is 13.2. The van der Waals surface area contributed by atoms with Gasteiger partial charge in [0.2, 0.25) is 6.10 Å². The van der Waals surface area contributed by atoms with E-state index in [-0.39, 0.29) is 24.8 Å². The summed E-state index contributed by atoms with van der Waals surface area (Å²) in [6.07, 6.45) is -1.63. The first kappa shape index (κ1) is 28.5.